The highest BCUT2D eigenvalue weighted by Gasteiger charge is 2.25. The van der Waals surface area contributed by atoms with Gasteiger partial charge in [-0.05, 0) is 47.9 Å². The Morgan fingerprint density at radius 2 is 1.57 bits per heavy atom. The molecule has 0 radical (unpaired) electrons. The van der Waals surface area contributed by atoms with E-state index in [1.165, 1.54) is 18.6 Å². The quantitative estimate of drug-likeness (QED) is 0.529. The molecule has 156 valence electrons. The van der Waals surface area contributed by atoms with E-state index in [1.807, 2.05) is 19.9 Å². The number of furan rings is 2. The molecular weight excluding hydrogens is 386 g/mol. The fraction of sp³-hybridized carbons (Fsp3) is 0.227. The number of amides is 3. The van der Waals surface area contributed by atoms with Crippen molar-refractivity contribution in [3.8, 4) is 0 Å². The van der Waals surface area contributed by atoms with Crippen LogP contribution in [0.15, 0.2) is 69.9 Å². The first-order valence-electron chi connectivity index (χ1n) is 9.50. The van der Waals surface area contributed by atoms with Gasteiger partial charge in [0.15, 0.2) is 11.5 Å². The molecule has 3 N–H and O–H groups in total. The maximum Gasteiger partial charge on any atom is 0.291 e. The largest absolute Gasteiger partial charge is 0.459 e. The van der Waals surface area contributed by atoms with Crippen molar-refractivity contribution in [2.75, 3.05) is 5.32 Å². The SMILES string of the molecule is CC(C)[C@@H](NC(=O)c1ccco1)C(=O)NCc1cccc(NC(=O)c2ccco2)c1. The summed E-state index contributed by atoms with van der Waals surface area (Å²) in [5, 5.41) is 8.26. The van der Waals surface area contributed by atoms with Crippen LogP contribution in [-0.2, 0) is 11.3 Å². The zero-order valence-corrected chi connectivity index (χ0v) is 16.7. The highest BCUT2D eigenvalue weighted by atomic mass is 16.3. The molecule has 0 spiro atoms. The maximum absolute atomic E-state index is 12.6. The minimum Gasteiger partial charge on any atom is -0.459 e. The molecule has 3 amide bonds. The van der Waals surface area contributed by atoms with Gasteiger partial charge in [0.2, 0.25) is 5.91 Å². The molecule has 30 heavy (non-hydrogen) atoms. The van der Waals surface area contributed by atoms with Crippen LogP contribution in [0.4, 0.5) is 5.69 Å². The van der Waals surface area contributed by atoms with Crippen molar-refractivity contribution < 1.29 is 23.2 Å². The fourth-order valence-electron chi connectivity index (χ4n) is 2.81. The van der Waals surface area contributed by atoms with Gasteiger partial charge < -0.3 is 24.8 Å². The molecule has 0 unspecified atom stereocenters. The molecule has 2 aromatic heterocycles. The van der Waals surface area contributed by atoms with Crippen LogP contribution in [-0.4, -0.2) is 23.8 Å². The Kier molecular flexibility index (Phi) is 6.69. The van der Waals surface area contributed by atoms with Gasteiger partial charge in [0.05, 0.1) is 12.5 Å². The number of rotatable bonds is 8. The van der Waals surface area contributed by atoms with Crippen molar-refractivity contribution in [3.05, 3.63) is 78.1 Å². The van der Waals surface area contributed by atoms with Crippen molar-refractivity contribution in [3.63, 3.8) is 0 Å². The van der Waals surface area contributed by atoms with Crippen molar-refractivity contribution >= 4 is 23.4 Å². The van der Waals surface area contributed by atoms with E-state index in [-0.39, 0.29) is 35.8 Å². The van der Waals surface area contributed by atoms with E-state index in [2.05, 4.69) is 16.0 Å². The van der Waals surface area contributed by atoms with E-state index in [0.717, 1.165) is 5.56 Å². The lowest BCUT2D eigenvalue weighted by Crippen LogP contribution is -2.49. The molecule has 1 aromatic carbocycles. The van der Waals surface area contributed by atoms with Crippen molar-refractivity contribution in [1.29, 1.82) is 0 Å². The van der Waals surface area contributed by atoms with Gasteiger partial charge in [-0.25, -0.2) is 0 Å². The van der Waals surface area contributed by atoms with Gasteiger partial charge in [0, 0.05) is 12.2 Å². The Morgan fingerprint density at radius 3 is 2.17 bits per heavy atom. The molecule has 2 heterocycles. The topological polar surface area (TPSA) is 114 Å². The second-order valence-corrected chi connectivity index (χ2v) is 7.02. The minimum absolute atomic E-state index is 0.122. The fourth-order valence-corrected chi connectivity index (χ4v) is 2.81. The van der Waals surface area contributed by atoms with Crippen LogP contribution < -0.4 is 16.0 Å². The zero-order valence-electron chi connectivity index (χ0n) is 16.7. The molecule has 1 atom stereocenters. The van der Waals surface area contributed by atoms with Gasteiger partial charge in [-0.15, -0.1) is 0 Å². The standard InChI is InChI=1S/C22H23N3O5/c1-14(2)19(25-21(27)18-9-5-11-30-18)22(28)23-13-15-6-3-7-16(12-15)24-20(26)17-8-4-10-29-17/h3-12,14,19H,13H2,1-2H3,(H,23,28)(H,24,26)(H,25,27)/t19-/m1/s1. The van der Waals surface area contributed by atoms with Gasteiger partial charge in [-0.2, -0.15) is 0 Å². The monoisotopic (exact) mass is 409 g/mol. The molecule has 0 bridgehead atoms. The summed E-state index contributed by atoms with van der Waals surface area (Å²) in [6, 6.07) is 12.7. The van der Waals surface area contributed by atoms with Crippen LogP contribution in [0, 0.1) is 5.92 Å². The molecule has 0 aliphatic rings. The van der Waals surface area contributed by atoms with Gasteiger partial charge in [-0.1, -0.05) is 26.0 Å². The summed E-state index contributed by atoms with van der Waals surface area (Å²) in [7, 11) is 0. The summed E-state index contributed by atoms with van der Waals surface area (Å²) in [6.45, 7) is 3.93. The van der Waals surface area contributed by atoms with Crippen LogP contribution in [0.2, 0.25) is 0 Å². The average molecular weight is 409 g/mol. The Bertz CT molecular complexity index is 994. The summed E-state index contributed by atoms with van der Waals surface area (Å²) >= 11 is 0. The number of anilines is 1. The third kappa shape index (κ3) is 5.38. The highest BCUT2D eigenvalue weighted by molar-refractivity contribution is 6.02. The van der Waals surface area contributed by atoms with Crippen LogP contribution in [0.3, 0.4) is 0 Å². The van der Waals surface area contributed by atoms with Crippen molar-refractivity contribution in [2.45, 2.75) is 26.4 Å². The molecule has 0 saturated heterocycles. The highest BCUT2D eigenvalue weighted by Crippen LogP contribution is 2.13. The van der Waals surface area contributed by atoms with Crippen LogP contribution >= 0.6 is 0 Å². The zero-order chi connectivity index (χ0) is 21.5. The first kappa shape index (κ1) is 20.9. The predicted molar refractivity (Wildman–Crippen MR) is 110 cm³/mol. The van der Waals surface area contributed by atoms with Gasteiger partial charge >= 0.3 is 0 Å². The number of nitrogens with one attached hydrogen (secondary N) is 3. The number of hydrogen-bond acceptors (Lipinski definition) is 5. The van der Waals surface area contributed by atoms with Crippen LogP contribution in [0.25, 0.3) is 0 Å². The van der Waals surface area contributed by atoms with E-state index >= 15 is 0 Å². The summed E-state index contributed by atoms with van der Waals surface area (Å²) in [5.41, 5.74) is 1.37. The Morgan fingerprint density at radius 1 is 0.900 bits per heavy atom. The number of carbonyl (C=O) groups is 3. The lowest BCUT2D eigenvalue weighted by molar-refractivity contribution is -0.124. The third-order valence-electron chi connectivity index (χ3n) is 4.38. The van der Waals surface area contributed by atoms with Gasteiger partial charge in [0.1, 0.15) is 6.04 Å². The molecule has 0 fully saturated rings. The van der Waals surface area contributed by atoms with E-state index in [1.54, 1.807) is 36.4 Å². The molecule has 8 heteroatoms. The maximum atomic E-state index is 12.6. The molecule has 0 saturated carbocycles. The molecule has 3 aromatic rings. The summed E-state index contributed by atoms with van der Waals surface area (Å²) < 4.78 is 10.1. The molecule has 0 aliphatic heterocycles. The van der Waals surface area contributed by atoms with Gasteiger partial charge in [-0.3, -0.25) is 14.4 Å². The minimum atomic E-state index is -0.718. The first-order valence-corrected chi connectivity index (χ1v) is 9.50. The lowest BCUT2D eigenvalue weighted by Gasteiger charge is -2.21. The van der Waals surface area contributed by atoms with E-state index in [4.69, 9.17) is 8.83 Å². The molecule has 0 aliphatic carbocycles. The number of carbonyl (C=O) groups excluding carboxylic acids is 3. The van der Waals surface area contributed by atoms with Gasteiger partial charge in [0.25, 0.3) is 11.8 Å². The normalized spacial score (nSPS) is 11.7. The second kappa shape index (κ2) is 9.60. The summed E-state index contributed by atoms with van der Waals surface area (Å²) in [5.74, 6) is -0.884. The van der Waals surface area contributed by atoms with Crippen molar-refractivity contribution in [2.24, 2.45) is 5.92 Å². The second-order valence-electron chi connectivity index (χ2n) is 7.02. The van der Waals surface area contributed by atoms with Crippen molar-refractivity contribution in [1.82, 2.24) is 10.6 Å². The number of benzene rings is 1. The Balaban J connectivity index is 1.58. The van der Waals surface area contributed by atoms with E-state index < -0.39 is 11.9 Å². The average Bonchev–Trinajstić information content (AvgIpc) is 3.44. The molecular formula is C22H23N3O5. The Labute approximate surface area is 173 Å². The summed E-state index contributed by atoms with van der Waals surface area (Å²) in [6.07, 6.45) is 2.83. The van der Waals surface area contributed by atoms with Crippen LogP contribution in [0.5, 0.6) is 0 Å². The molecule has 8 nitrogen and oxygen atoms in total. The lowest BCUT2D eigenvalue weighted by atomic mass is 10.0. The number of hydrogen-bond donors (Lipinski definition) is 3. The first-order chi connectivity index (χ1) is 14.4. The third-order valence-corrected chi connectivity index (χ3v) is 4.38. The Hall–Kier alpha value is -3.81. The smallest absolute Gasteiger partial charge is 0.291 e. The predicted octanol–water partition coefficient (Wildman–Crippen LogP) is 3.20. The van der Waals surface area contributed by atoms with Crippen LogP contribution in [0.1, 0.15) is 40.5 Å². The summed E-state index contributed by atoms with van der Waals surface area (Å²) in [4.78, 5) is 36.9. The van der Waals surface area contributed by atoms with E-state index in [9.17, 15) is 14.4 Å². The van der Waals surface area contributed by atoms with E-state index in [0.29, 0.717) is 5.69 Å². The molecule has 3 rings (SSSR count).